The molecule has 7 heteroatoms. The van der Waals surface area contributed by atoms with Crippen molar-refractivity contribution >= 4 is 52.7 Å². The zero-order chi connectivity index (χ0) is 13.6. The van der Waals surface area contributed by atoms with Gasteiger partial charge in [-0.1, -0.05) is 11.6 Å². The number of hydrogen-bond acceptors (Lipinski definition) is 2. The molecule has 0 spiro atoms. The number of halogens is 3. The van der Waals surface area contributed by atoms with Gasteiger partial charge in [-0.2, -0.15) is 0 Å². The lowest BCUT2D eigenvalue weighted by molar-refractivity contribution is 0.463. The predicted molar refractivity (Wildman–Crippen MR) is 83.9 cm³/mol. The van der Waals surface area contributed by atoms with Crippen LogP contribution in [0.4, 0.5) is 0 Å². The number of nitrogens with zero attached hydrogens (tertiary/aromatic N) is 1. The smallest absolute Gasteiger partial charge is 0.205 e. The van der Waals surface area contributed by atoms with E-state index in [2.05, 4.69) is 0 Å². The van der Waals surface area contributed by atoms with Gasteiger partial charge in [0.25, 0.3) is 0 Å². The summed E-state index contributed by atoms with van der Waals surface area (Å²) in [6.07, 6.45) is 0. The summed E-state index contributed by atoms with van der Waals surface area (Å²) < 4.78 is 14.5. The third-order valence-corrected chi connectivity index (χ3v) is 7.47. The van der Waals surface area contributed by atoms with Crippen LogP contribution in [0.5, 0.6) is 0 Å². The Balaban J connectivity index is 2.77. The molecule has 0 saturated carbocycles. The van der Waals surface area contributed by atoms with E-state index in [-0.39, 0.29) is 0 Å². The second-order valence-electron chi connectivity index (χ2n) is 3.68. The highest BCUT2D eigenvalue weighted by Gasteiger charge is 2.25. The SMILES string of the molecule is CP(=O)(Sc1ccc(Cl)cc1)N(CCCl)CCCl. The molecule has 0 N–H and O–H groups in total. The Morgan fingerprint density at radius 2 is 1.67 bits per heavy atom. The van der Waals surface area contributed by atoms with E-state index in [1.807, 2.05) is 16.8 Å². The molecule has 0 amide bonds. The molecule has 0 aliphatic rings. The minimum atomic E-state index is -2.53. The van der Waals surface area contributed by atoms with Crippen molar-refractivity contribution in [2.75, 3.05) is 31.5 Å². The van der Waals surface area contributed by atoms with Crippen molar-refractivity contribution in [1.29, 1.82) is 0 Å². The van der Waals surface area contributed by atoms with Crippen LogP contribution in [0.3, 0.4) is 0 Å². The van der Waals surface area contributed by atoms with Crippen LogP contribution in [0, 0.1) is 0 Å². The summed E-state index contributed by atoms with van der Waals surface area (Å²) in [5.41, 5.74) is 0. The minimum absolute atomic E-state index is 0.440. The first kappa shape index (κ1) is 16.7. The predicted octanol–water partition coefficient (Wildman–Crippen LogP) is 5.03. The van der Waals surface area contributed by atoms with Crippen LogP contribution < -0.4 is 0 Å². The van der Waals surface area contributed by atoms with Gasteiger partial charge in [-0.25, -0.2) is 4.67 Å². The molecule has 0 saturated heterocycles. The molecule has 18 heavy (non-hydrogen) atoms. The monoisotopic (exact) mass is 345 g/mol. The second kappa shape index (κ2) is 8.04. The number of rotatable bonds is 7. The Bertz CT molecular complexity index is 409. The molecule has 1 aromatic rings. The van der Waals surface area contributed by atoms with E-state index in [1.165, 1.54) is 11.4 Å². The lowest BCUT2D eigenvalue weighted by Crippen LogP contribution is -2.23. The summed E-state index contributed by atoms with van der Waals surface area (Å²) >= 11 is 18.6. The number of benzene rings is 1. The third kappa shape index (κ3) is 5.32. The van der Waals surface area contributed by atoms with Crippen LogP contribution >= 0.6 is 52.7 Å². The van der Waals surface area contributed by atoms with Gasteiger partial charge in [-0.15, -0.1) is 23.2 Å². The maximum Gasteiger partial charge on any atom is 0.205 e. The Labute approximate surface area is 127 Å². The van der Waals surface area contributed by atoms with Crippen LogP contribution in [-0.2, 0) is 4.57 Å². The zero-order valence-corrected chi connectivity index (χ0v) is 14.0. The van der Waals surface area contributed by atoms with E-state index in [4.69, 9.17) is 34.8 Å². The molecule has 1 rings (SSSR count). The maximum atomic E-state index is 12.7. The van der Waals surface area contributed by atoms with Crippen LogP contribution in [0.2, 0.25) is 5.02 Å². The summed E-state index contributed by atoms with van der Waals surface area (Å²) in [6, 6.07) is 7.31. The van der Waals surface area contributed by atoms with Gasteiger partial charge in [0.05, 0.1) is 0 Å². The highest BCUT2D eigenvalue weighted by atomic mass is 35.5. The molecule has 0 fully saturated rings. The summed E-state index contributed by atoms with van der Waals surface area (Å²) in [5.74, 6) is 0.881. The van der Waals surface area contributed by atoms with Crippen molar-refractivity contribution in [3.05, 3.63) is 29.3 Å². The summed E-state index contributed by atoms with van der Waals surface area (Å²) in [5, 5.41) is 0.670. The van der Waals surface area contributed by atoms with Gasteiger partial charge in [0.1, 0.15) is 0 Å². The summed E-state index contributed by atoms with van der Waals surface area (Å²) in [6.45, 7) is 0.351. The van der Waals surface area contributed by atoms with E-state index >= 15 is 0 Å². The molecular weight excluding hydrogens is 332 g/mol. The van der Waals surface area contributed by atoms with Crippen molar-refractivity contribution in [3.8, 4) is 0 Å². The standard InChI is InChI=1S/C11H15Cl3NOPS/c1-17(16,15(8-6-12)9-7-13)18-11-4-2-10(14)3-5-11/h2-5H,6-9H2,1H3. The Kier molecular flexibility index (Phi) is 7.45. The van der Waals surface area contributed by atoms with Gasteiger partial charge < -0.3 is 0 Å². The fraction of sp³-hybridized carbons (Fsp3) is 0.455. The molecule has 0 heterocycles. The second-order valence-corrected chi connectivity index (χ2v) is 10.3. The van der Waals surface area contributed by atoms with Gasteiger partial charge in [-0.3, -0.25) is 4.57 Å². The Morgan fingerprint density at radius 1 is 1.17 bits per heavy atom. The number of hydrogen-bond donors (Lipinski definition) is 0. The van der Waals surface area contributed by atoms with Crippen molar-refractivity contribution in [2.45, 2.75) is 4.90 Å². The molecule has 0 bridgehead atoms. The van der Waals surface area contributed by atoms with E-state index in [0.717, 1.165) is 4.90 Å². The fourth-order valence-corrected chi connectivity index (χ4v) is 6.25. The quantitative estimate of drug-likeness (QED) is 0.510. The minimum Gasteiger partial charge on any atom is -0.295 e. The largest absolute Gasteiger partial charge is 0.295 e. The fourth-order valence-electron chi connectivity index (χ4n) is 1.42. The van der Waals surface area contributed by atoms with Crippen LogP contribution in [0.25, 0.3) is 0 Å². The van der Waals surface area contributed by atoms with E-state index in [0.29, 0.717) is 29.9 Å². The molecule has 1 unspecified atom stereocenters. The molecule has 2 nitrogen and oxygen atoms in total. The van der Waals surface area contributed by atoms with Gasteiger partial charge in [0.15, 0.2) is 0 Å². The Morgan fingerprint density at radius 3 is 2.11 bits per heavy atom. The summed E-state index contributed by atoms with van der Waals surface area (Å²) in [4.78, 5) is 0.930. The average Bonchev–Trinajstić information content (AvgIpc) is 2.32. The first-order valence-electron chi connectivity index (χ1n) is 5.39. The van der Waals surface area contributed by atoms with Crippen LogP contribution in [-0.4, -0.2) is 36.2 Å². The topological polar surface area (TPSA) is 20.3 Å². The van der Waals surface area contributed by atoms with Crippen molar-refractivity contribution in [1.82, 2.24) is 4.67 Å². The first-order valence-corrected chi connectivity index (χ1v) is 10.4. The van der Waals surface area contributed by atoms with Crippen LogP contribution in [0.15, 0.2) is 29.2 Å². The molecule has 0 aliphatic heterocycles. The lowest BCUT2D eigenvalue weighted by atomic mass is 10.4. The van der Waals surface area contributed by atoms with Crippen LogP contribution in [0.1, 0.15) is 0 Å². The highest BCUT2D eigenvalue weighted by molar-refractivity contribution is 8.57. The highest BCUT2D eigenvalue weighted by Crippen LogP contribution is 2.61. The van der Waals surface area contributed by atoms with E-state index < -0.39 is 6.49 Å². The molecule has 102 valence electrons. The molecule has 1 atom stereocenters. The average molecular weight is 347 g/mol. The zero-order valence-electron chi connectivity index (χ0n) is 9.98. The molecule has 0 aromatic heterocycles. The van der Waals surface area contributed by atoms with E-state index in [9.17, 15) is 4.57 Å². The molecule has 1 aromatic carbocycles. The molecular formula is C11H15Cl3NOPS. The molecule has 0 radical (unpaired) electrons. The number of alkyl halides is 2. The van der Waals surface area contributed by atoms with Crippen molar-refractivity contribution in [2.24, 2.45) is 0 Å². The maximum absolute atomic E-state index is 12.7. The van der Waals surface area contributed by atoms with Crippen molar-refractivity contribution in [3.63, 3.8) is 0 Å². The van der Waals surface area contributed by atoms with Gasteiger partial charge in [0, 0.05) is 41.4 Å². The van der Waals surface area contributed by atoms with Gasteiger partial charge in [-0.05, 0) is 35.6 Å². The van der Waals surface area contributed by atoms with Gasteiger partial charge >= 0.3 is 0 Å². The first-order chi connectivity index (χ1) is 8.49. The third-order valence-electron chi connectivity index (χ3n) is 2.29. The Hall–Kier alpha value is 0.630. The van der Waals surface area contributed by atoms with Gasteiger partial charge in [0.2, 0.25) is 6.49 Å². The summed E-state index contributed by atoms with van der Waals surface area (Å²) in [7, 11) is 0. The van der Waals surface area contributed by atoms with Crippen molar-refractivity contribution < 1.29 is 4.57 Å². The lowest BCUT2D eigenvalue weighted by Gasteiger charge is -2.27. The normalized spacial score (nSPS) is 14.7. The van der Waals surface area contributed by atoms with E-state index in [1.54, 1.807) is 18.8 Å². The molecule has 0 aliphatic carbocycles.